The smallest absolute Gasteiger partial charge is 0.369 e. The normalized spacial score (nSPS) is 13.6. The summed E-state index contributed by atoms with van der Waals surface area (Å²) in [5, 5.41) is 6.40. The molecule has 184 valence electrons. The lowest BCUT2D eigenvalue weighted by molar-refractivity contribution is -0.137. The van der Waals surface area contributed by atoms with E-state index in [4.69, 9.17) is 11.6 Å². The van der Waals surface area contributed by atoms with Crippen LogP contribution in [0.25, 0.3) is 22.5 Å². The summed E-state index contributed by atoms with van der Waals surface area (Å²) in [6.45, 7) is 3.23. The van der Waals surface area contributed by atoms with Crippen molar-refractivity contribution < 1.29 is 18.0 Å². The van der Waals surface area contributed by atoms with Crippen LogP contribution in [0.2, 0.25) is 5.02 Å². The number of fused-ring (bicyclic) bond motifs is 3. The first-order chi connectivity index (χ1) is 17.2. The second-order valence-electron chi connectivity index (χ2n) is 8.13. The van der Waals surface area contributed by atoms with Crippen molar-refractivity contribution in [3.63, 3.8) is 0 Å². The van der Waals surface area contributed by atoms with Gasteiger partial charge in [0.1, 0.15) is 17.3 Å². The number of amides is 1. The highest BCUT2D eigenvalue weighted by Gasteiger charge is 2.31. The zero-order chi connectivity index (χ0) is 25.6. The topological polar surface area (TPSA) is 97.1 Å². The SMILES string of the molecule is CN=c1nc(C)c2cc(-c3cc(NC(=O)c4cc(C(F)(F)F)ccn4)ccc3Cl)c3n(c-2n1)CCN3. The molecule has 3 aliphatic rings. The van der Waals surface area contributed by atoms with Crippen molar-refractivity contribution in [2.45, 2.75) is 19.6 Å². The average Bonchev–Trinajstić information content (AvgIpc) is 3.35. The number of nitrogens with zero attached hydrogens (tertiary/aromatic N) is 5. The predicted molar refractivity (Wildman–Crippen MR) is 129 cm³/mol. The Bertz CT molecular complexity index is 1550. The van der Waals surface area contributed by atoms with Crippen LogP contribution in [-0.4, -0.2) is 39.0 Å². The maximum absolute atomic E-state index is 13.0. The third-order valence-corrected chi connectivity index (χ3v) is 6.17. The van der Waals surface area contributed by atoms with Crippen molar-refractivity contribution in [3.05, 3.63) is 70.2 Å². The van der Waals surface area contributed by atoms with Crippen LogP contribution < -0.4 is 16.3 Å². The first kappa shape index (κ1) is 23.7. The molecule has 0 atom stereocenters. The number of hydrogen-bond acceptors (Lipinski definition) is 6. The van der Waals surface area contributed by atoms with Crippen LogP contribution in [0, 0.1) is 6.92 Å². The van der Waals surface area contributed by atoms with Gasteiger partial charge in [-0.3, -0.25) is 14.8 Å². The van der Waals surface area contributed by atoms with Gasteiger partial charge in [0.2, 0.25) is 5.62 Å². The van der Waals surface area contributed by atoms with Gasteiger partial charge in [-0.25, -0.2) is 4.98 Å². The van der Waals surface area contributed by atoms with Crippen LogP contribution in [-0.2, 0) is 12.7 Å². The van der Waals surface area contributed by atoms with E-state index in [0.29, 0.717) is 41.0 Å². The number of carbonyl (C=O) groups excluding carboxylic acids is 1. The van der Waals surface area contributed by atoms with Gasteiger partial charge in [0.15, 0.2) is 0 Å². The number of aromatic nitrogens is 4. The van der Waals surface area contributed by atoms with Crippen molar-refractivity contribution in [3.8, 4) is 22.5 Å². The van der Waals surface area contributed by atoms with Gasteiger partial charge in [-0.2, -0.15) is 18.2 Å². The molecule has 0 fully saturated rings. The van der Waals surface area contributed by atoms with Gasteiger partial charge in [-0.1, -0.05) is 11.6 Å². The van der Waals surface area contributed by atoms with Crippen molar-refractivity contribution >= 4 is 29.0 Å². The largest absolute Gasteiger partial charge is 0.416 e. The number of carbonyl (C=O) groups is 1. The van der Waals surface area contributed by atoms with E-state index >= 15 is 0 Å². The molecule has 0 aliphatic carbocycles. The Hall–Kier alpha value is -3.99. The van der Waals surface area contributed by atoms with E-state index in [1.165, 1.54) is 0 Å². The fourth-order valence-corrected chi connectivity index (χ4v) is 4.35. The molecule has 3 aliphatic heterocycles. The van der Waals surface area contributed by atoms with Gasteiger partial charge in [0.05, 0.1) is 11.3 Å². The summed E-state index contributed by atoms with van der Waals surface area (Å²) >= 11 is 6.56. The van der Waals surface area contributed by atoms with Crippen molar-refractivity contribution in [1.29, 1.82) is 0 Å². The highest BCUT2D eigenvalue weighted by Crippen LogP contribution is 2.41. The highest BCUT2D eigenvalue weighted by atomic mass is 35.5. The van der Waals surface area contributed by atoms with Crippen molar-refractivity contribution in [2.75, 3.05) is 24.2 Å². The zero-order valence-corrected chi connectivity index (χ0v) is 19.9. The number of anilines is 2. The summed E-state index contributed by atoms with van der Waals surface area (Å²) in [5.74, 6) is 0.765. The van der Waals surface area contributed by atoms with Gasteiger partial charge in [0.25, 0.3) is 5.91 Å². The quantitative estimate of drug-likeness (QED) is 0.416. The number of rotatable bonds is 3. The third-order valence-electron chi connectivity index (χ3n) is 5.84. The van der Waals surface area contributed by atoms with E-state index < -0.39 is 17.6 Å². The molecule has 1 aromatic carbocycles. The van der Waals surface area contributed by atoms with E-state index in [2.05, 4.69) is 30.6 Å². The zero-order valence-electron chi connectivity index (χ0n) is 19.1. The van der Waals surface area contributed by atoms with Crippen molar-refractivity contribution in [2.24, 2.45) is 4.99 Å². The van der Waals surface area contributed by atoms with E-state index in [-0.39, 0.29) is 5.69 Å². The summed E-state index contributed by atoms with van der Waals surface area (Å²) in [4.78, 5) is 29.6. The second-order valence-corrected chi connectivity index (χ2v) is 8.54. The predicted octanol–water partition coefficient (Wildman–Crippen LogP) is 4.63. The fraction of sp³-hybridized carbons (Fsp3) is 0.208. The summed E-state index contributed by atoms with van der Waals surface area (Å²) in [5.41, 5.74) is 2.40. The van der Waals surface area contributed by atoms with Crippen LogP contribution in [0.15, 0.2) is 47.6 Å². The van der Waals surface area contributed by atoms with Gasteiger partial charge in [-0.05, 0) is 43.3 Å². The summed E-state index contributed by atoms with van der Waals surface area (Å²) in [6.07, 6.45) is -3.63. The molecule has 0 unspecified atom stereocenters. The Labute approximate surface area is 208 Å². The minimum atomic E-state index is -4.58. The molecular weight excluding hydrogens is 495 g/mol. The summed E-state index contributed by atoms with van der Waals surface area (Å²) in [7, 11) is 1.63. The first-order valence-electron chi connectivity index (χ1n) is 10.9. The van der Waals surface area contributed by atoms with Crippen LogP contribution in [0.3, 0.4) is 0 Å². The lowest BCUT2D eigenvalue weighted by Gasteiger charge is -2.19. The monoisotopic (exact) mass is 513 g/mol. The molecule has 36 heavy (non-hydrogen) atoms. The molecule has 5 rings (SSSR count). The number of halogens is 4. The van der Waals surface area contributed by atoms with E-state index in [9.17, 15) is 18.0 Å². The molecular formula is C24H19ClF3N7O. The highest BCUT2D eigenvalue weighted by molar-refractivity contribution is 6.33. The number of pyridine rings is 2. The lowest BCUT2D eigenvalue weighted by atomic mass is 10.0. The molecule has 0 spiro atoms. The average molecular weight is 514 g/mol. The Morgan fingerprint density at radius 2 is 1.94 bits per heavy atom. The maximum atomic E-state index is 13.0. The minimum absolute atomic E-state index is 0.351. The van der Waals surface area contributed by atoms with Gasteiger partial charge in [0, 0.05) is 53.7 Å². The summed E-state index contributed by atoms with van der Waals surface area (Å²) in [6, 6.07) is 8.30. The lowest BCUT2D eigenvalue weighted by Crippen LogP contribution is -2.20. The number of nitrogens with one attached hydrogen (secondary N) is 2. The number of hydrogen-bond donors (Lipinski definition) is 2. The molecule has 4 heterocycles. The van der Waals surface area contributed by atoms with Crippen LogP contribution in [0.5, 0.6) is 0 Å². The molecule has 1 amide bonds. The molecule has 2 N–H and O–H groups in total. The molecule has 2 aromatic rings. The number of benzene rings is 1. The molecule has 12 heteroatoms. The van der Waals surface area contributed by atoms with Gasteiger partial charge in [-0.15, -0.1) is 0 Å². The van der Waals surface area contributed by atoms with Crippen LogP contribution in [0.4, 0.5) is 24.7 Å². The number of alkyl halides is 3. The van der Waals surface area contributed by atoms with Crippen molar-refractivity contribution in [1.82, 2.24) is 19.5 Å². The molecule has 0 saturated carbocycles. The van der Waals surface area contributed by atoms with Crippen LogP contribution in [0.1, 0.15) is 21.7 Å². The number of aryl methyl sites for hydroxylation is 1. The Balaban J connectivity index is 1.57. The van der Waals surface area contributed by atoms with Crippen LogP contribution >= 0.6 is 11.6 Å². The van der Waals surface area contributed by atoms with E-state index in [0.717, 1.165) is 40.7 Å². The Kier molecular flexibility index (Phi) is 5.87. The van der Waals surface area contributed by atoms with Gasteiger partial charge < -0.3 is 15.2 Å². The molecule has 0 saturated heterocycles. The second kappa shape index (κ2) is 8.90. The molecule has 8 nitrogen and oxygen atoms in total. The first-order valence-corrected chi connectivity index (χ1v) is 11.3. The Morgan fingerprint density at radius 3 is 2.69 bits per heavy atom. The Morgan fingerprint density at radius 1 is 1.14 bits per heavy atom. The molecule has 0 radical (unpaired) electrons. The molecule has 1 aromatic heterocycles. The maximum Gasteiger partial charge on any atom is 0.416 e. The molecule has 0 bridgehead atoms. The third kappa shape index (κ3) is 4.26. The fourth-order valence-electron chi connectivity index (χ4n) is 4.13. The van der Waals surface area contributed by atoms with Gasteiger partial charge >= 0.3 is 6.18 Å². The van der Waals surface area contributed by atoms with E-state index in [1.54, 1.807) is 25.2 Å². The standard InChI is InChI=1S/C24H19ClF3N7O/c1-12-15-11-17(20-31-7-8-35(20)21(15)34-23(29-2)32-12)16-10-14(3-4-18(16)25)33-22(36)19-9-13(5-6-30-19)24(26,27)28/h3-6,9-11,31H,7-8H2,1-2H3,(H,33,36). The summed E-state index contributed by atoms with van der Waals surface area (Å²) < 4.78 is 41.1. The minimum Gasteiger partial charge on any atom is -0.369 e. The van der Waals surface area contributed by atoms with E-state index in [1.807, 2.05) is 17.6 Å².